The van der Waals surface area contributed by atoms with Crippen molar-refractivity contribution in [1.82, 2.24) is 24.8 Å². The van der Waals surface area contributed by atoms with Gasteiger partial charge in [0.2, 0.25) is 5.82 Å². The number of rotatable bonds is 7. The number of allylic oxidation sites excluding steroid dienone is 1. The second-order valence-electron chi connectivity index (χ2n) is 6.90. The van der Waals surface area contributed by atoms with Gasteiger partial charge in [-0.05, 0) is 43.3 Å². The molecule has 4 rings (SSSR count). The summed E-state index contributed by atoms with van der Waals surface area (Å²) in [6.07, 6.45) is 3.03. The molecule has 0 saturated carbocycles. The second kappa shape index (κ2) is 8.09. The van der Waals surface area contributed by atoms with Crippen LogP contribution in [0.2, 0.25) is 0 Å². The molecule has 7 nitrogen and oxygen atoms in total. The molecule has 0 aliphatic rings. The Morgan fingerprint density at radius 1 is 1.25 bits per heavy atom. The normalized spacial score (nSPS) is 11.2. The van der Waals surface area contributed by atoms with E-state index in [1.807, 2.05) is 0 Å². The first-order valence-electron chi connectivity index (χ1n) is 9.43. The number of benzene rings is 1. The van der Waals surface area contributed by atoms with E-state index in [1.54, 1.807) is 19.1 Å². The van der Waals surface area contributed by atoms with E-state index in [0.29, 0.717) is 22.7 Å². The van der Waals surface area contributed by atoms with Crippen LogP contribution in [0.15, 0.2) is 73.3 Å². The van der Waals surface area contributed by atoms with E-state index >= 15 is 8.78 Å². The minimum absolute atomic E-state index is 0.110. The van der Waals surface area contributed by atoms with Gasteiger partial charge >= 0.3 is 5.92 Å². The summed E-state index contributed by atoms with van der Waals surface area (Å²) in [7, 11) is 0. The first-order chi connectivity index (χ1) is 15.3. The highest BCUT2D eigenvalue weighted by molar-refractivity contribution is 5.77. The number of aromatic amines is 1. The smallest absolute Gasteiger partial charge is 0.333 e. The molecular weight excluding hydrogens is 419 g/mol. The maximum atomic E-state index is 15.2. The Balaban J connectivity index is 1.85. The van der Waals surface area contributed by atoms with E-state index in [2.05, 4.69) is 49.8 Å². The number of nitrogens with zero attached hydrogens (tertiary/aromatic N) is 4. The standard InChI is InChI=1S/C22H18F3N7/c1-4-16(5-2)26-17-11-18-20(27-19-10-13(3)29-30-19)28-21(31-32(18)12-17)22(24,25)14-6-8-15(23)9-7-14/h4,6-12,26H,1-2H2,3H3,(H2,27,28,29,30,31). The number of halogens is 3. The predicted octanol–water partition coefficient (Wildman–Crippen LogP) is 5.05. The van der Waals surface area contributed by atoms with Crippen LogP contribution in [-0.4, -0.2) is 24.8 Å². The lowest BCUT2D eigenvalue weighted by atomic mass is 10.1. The number of hydrogen-bond acceptors (Lipinski definition) is 5. The number of nitrogens with one attached hydrogen (secondary N) is 3. The third-order valence-corrected chi connectivity index (χ3v) is 4.58. The van der Waals surface area contributed by atoms with Crippen molar-refractivity contribution >= 4 is 22.8 Å². The van der Waals surface area contributed by atoms with Gasteiger partial charge in [0.15, 0.2) is 11.6 Å². The van der Waals surface area contributed by atoms with Crippen LogP contribution in [0.5, 0.6) is 0 Å². The van der Waals surface area contributed by atoms with Crippen LogP contribution in [0, 0.1) is 12.7 Å². The fourth-order valence-electron chi connectivity index (χ4n) is 3.01. The van der Waals surface area contributed by atoms with Crippen LogP contribution in [0.4, 0.5) is 30.5 Å². The van der Waals surface area contributed by atoms with E-state index in [4.69, 9.17) is 0 Å². The molecule has 0 aliphatic heterocycles. The Bertz CT molecular complexity index is 1350. The van der Waals surface area contributed by atoms with E-state index < -0.39 is 23.1 Å². The molecule has 0 unspecified atom stereocenters. The zero-order chi connectivity index (χ0) is 22.9. The summed E-state index contributed by atoms with van der Waals surface area (Å²) in [5.74, 6) is -4.46. The van der Waals surface area contributed by atoms with Crippen LogP contribution in [0.3, 0.4) is 0 Å². The lowest BCUT2D eigenvalue weighted by molar-refractivity contribution is 0.0315. The van der Waals surface area contributed by atoms with E-state index in [0.717, 1.165) is 30.0 Å². The highest BCUT2D eigenvalue weighted by Crippen LogP contribution is 2.35. The molecule has 3 N–H and O–H groups in total. The molecular formula is C22H18F3N7. The zero-order valence-corrected chi connectivity index (χ0v) is 17.0. The number of alkyl halides is 2. The van der Waals surface area contributed by atoms with Crippen molar-refractivity contribution in [2.75, 3.05) is 10.6 Å². The van der Waals surface area contributed by atoms with Gasteiger partial charge < -0.3 is 10.6 Å². The highest BCUT2D eigenvalue weighted by Gasteiger charge is 2.39. The molecule has 3 aromatic heterocycles. The minimum Gasteiger partial charge on any atom is -0.348 e. The van der Waals surface area contributed by atoms with Gasteiger partial charge in [0.25, 0.3) is 0 Å². The Hall–Kier alpha value is -4.30. The van der Waals surface area contributed by atoms with Gasteiger partial charge in [-0.25, -0.2) is 13.9 Å². The van der Waals surface area contributed by atoms with E-state index in [9.17, 15) is 4.39 Å². The lowest BCUT2D eigenvalue weighted by Gasteiger charge is -2.16. The van der Waals surface area contributed by atoms with Gasteiger partial charge in [-0.15, -0.1) is 10.8 Å². The van der Waals surface area contributed by atoms with Gasteiger partial charge in [0.1, 0.15) is 11.3 Å². The molecule has 0 atom stereocenters. The molecule has 0 fully saturated rings. The number of anilines is 3. The highest BCUT2D eigenvalue weighted by atomic mass is 19.3. The maximum Gasteiger partial charge on any atom is 0.333 e. The van der Waals surface area contributed by atoms with Gasteiger partial charge in [0, 0.05) is 17.3 Å². The SMILES string of the molecule is C=C=C(C=C)Nc1cc2c(Nc3cc(C)[nH]n3)nc(C(F)(F)c3ccc(F)cc3)nn2c1. The second-order valence-corrected chi connectivity index (χ2v) is 6.90. The molecule has 162 valence electrons. The molecule has 0 amide bonds. The molecule has 3 heterocycles. The molecule has 32 heavy (non-hydrogen) atoms. The third kappa shape index (κ3) is 3.99. The van der Waals surface area contributed by atoms with Crippen molar-refractivity contribution in [2.45, 2.75) is 12.8 Å². The zero-order valence-electron chi connectivity index (χ0n) is 17.0. The number of aryl methyl sites for hydroxylation is 1. The summed E-state index contributed by atoms with van der Waals surface area (Å²) in [5.41, 5.74) is 4.47. The van der Waals surface area contributed by atoms with Crippen molar-refractivity contribution < 1.29 is 13.2 Å². The van der Waals surface area contributed by atoms with Crippen molar-refractivity contribution in [3.8, 4) is 0 Å². The molecule has 10 heteroatoms. The van der Waals surface area contributed by atoms with Crippen LogP contribution >= 0.6 is 0 Å². The number of fused-ring (bicyclic) bond motifs is 1. The summed E-state index contributed by atoms with van der Waals surface area (Å²) >= 11 is 0. The molecule has 0 spiro atoms. The maximum absolute atomic E-state index is 15.2. The van der Waals surface area contributed by atoms with Gasteiger partial charge in [-0.1, -0.05) is 13.2 Å². The number of hydrogen-bond donors (Lipinski definition) is 3. The van der Waals surface area contributed by atoms with Crippen molar-refractivity contribution in [3.63, 3.8) is 0 Å². The van der Waals surface area contributed by atoms with Crippen molar-refractivity contribution in [1.29, 1.82) is 0 Å². The van der Waals surface area contributed by atoms with Crippen LogP contribution in [0.25, 0.3) is 5.52 Å². The largest absolute Gasteiger partial charge is 0.348 e. The Labute approximate surface area is 181 Å². The third-order valence-electron chi connectivity index (χ3n) is 4.58. The van der Waals surface area contributed by atoms with Gasteiger partial charge in [0.05, 0.1) is 17.6 Å². The number of H-pyrrole nitrogens is 1. The molecule has 1 aromatic carbocycles. The Morgan fingerprint density at radius 3 is 2.62 bits per heavy atom. The molecule has 0 bridgehead atoms. The first kappa shape index (κ1) is 21.0. The summed E-state index contributed by atoms with van der Waals surface area (Å²) in [6, 6.07) is 7.30. The first-order valence-corrected chi connectivity index (χ1v) is 9.43. The summed E-state index contributed by atoms with van der Waals surface area (Å²) in [5, 5.41) is 16.8. The van der Waals surface area contributed by atoms with Crippen LogP contribution in [0.1, 0.15) is 17.1 Å². The monoisotopic (exact) mass is 437 g/mol. The summed E-state index contributed by atoms with van der Waals surface area (Å²) in [4.78, 5) is 4.09. The van der Waals surface area contributed by atoms with Crippen LogP contribution < -0.4 is 10.6 Å². The lowest BCUT2D eigenvalue weighted by Crippen LogP contribution is -2.21. The van der Waals surface area contributed by atoms with Crippen molar-refractivity contribution in [3.05, 3.63) is 96.2 Å². The number of aromatic nitrogens is 5. The average molecular weight is 437 g/mol. The van der Waals surface area contributed by atoms with Gasteiger partial charge in [-0.3, -0.25) is 5.10 Å². The van der Waals surface area contributed by atoms with Crippen LogP contribution in [-0.2, 0) is 5.92 Å². The fourth-order valence-corrected chi connectivity index (χ4v) is 3.01. The van der Waals surface area contributed by atoms with E-state index in [1.165, 1.54) is 16.8 Å². The molecule has 4 aromatic rings. The fraction of sp³-hybridized carbons (Fsp3) is 0.0909. The topological polar surface area (TPSA) is 82.9 Å². The Morgan fingerprint density at radius 2 is 2.00 bits per heavy atom. The Kier molecular flexibility index (Phi) is 5.29. The summed E-state index contributed by atoms with van der Waals surface area (Å²) < 4.78 is 45.0. The van der Waals surface area contributed by atoms with E-state index in [-0.39, 0.29) is 5.82 Å². The predicted molar refractivity (Wildman–Crippen MR) is 115 cm³/mol. The molecule has 0 saturated heterocycles. The van der Waals surface area contributed by atoms with Gasteiger partial charge in [-0.2, -0.15) is 13.9 Å². The minimum atomic E-state index is -3.58. The quantitative estimate of drug-likeness (QED) is 0.278. The molecule has 0 aliphatic carbocycles. The molecule has 0 radical (unpaired) electrons. The average Bonchev–Trinajstić information content (AvgIpc) is 3.37. The summed E-state index contributed by atoms with van der Waals surface area (Å²) in [6.45, 7) is 9.03. The van der Waals surface area contributed by atoms with Crippen molar-refractivity contribution in [2.24, 2.45) is 0 Å².